The van der Waals surface area contributed by atoms with E-state index in [2.05, 4.69) is 22.1 Å². The van der Waals surface area contributed by atoms with Gasteiger partial charge in [-0.05, 0) is 7.05 Å². The first-order chi connectivity index (χ1) is 8.61. The number of carboxylic acids is 1. The third kappa shape index (κ3) is 2.51. The molecule has 2 heterocycles. The summed E-state index contributed by atoms with van der Waals surface area (Å²) in [6.45, 7) is 3.49. The van der Waals surface area contributed by atoms with E-state index < -0.39 is 5.97 Å². The maximum atomic E-state index is 11.1. The minimum Gasteiger partial charge on any atom is -0.479 e. The smallest absolute Gasteiger partial charge is 0.341 e. The number of likely N-dealkylation sites (N-methyl/N-ethyl adjacent to an activating group) is 1. The van der Waals surface area contributed by atoms with Gasteiger partial charge in [0, 0.05) is 32.2 Å². The van der Waals surface area contributed by atoms with Crippen LogP contribution in [0.2, 0.25) is 0 Å². The highest BCUT2D eigenvalue weighted by Crippen LogP contribution is 2.20. The molecule has 1 aliphatic heterocycles. The molecule has 7 nitrogen and oxygen atoms in total. The molecule has 0 amide bonds. The van der Waals surface area contributed by atoms with Gasteiger partial charge in [0.2, 0.25) is 5.88 Å². The Kier molecular flexibility index (Phi) is 3.61. The summed E-state index contributed by atoms with van der Waals surface area (Å²) in [7, 11) is 3.44. The molecule has 1 aromatic heterocycles. The van der Waals surface area contributed by atoms with Crippen LogP contribution >= 0.6 is 0 Å². The van der Waals surface area contributed by atoms with Crippen molar-refractivity contribution in [3.8, 4) is 5.88 Å². The van der Waals surface area contributed by atoms with E-state index >= 15 is 0 Å². The highest BCUT2D eigenvalue weighted by molar-refractivity contribution is 5.90. The fraction of sp³-hybridized carbons (Fsp3) is 0.545. The maximum Gasteiger partial charge on any atom is 0.341 e. The van der Waals surface area contributed by atoms with Crippen LogP contribution in [0.5, 0.6) is 5.88 Å². The van der Waals surface area contributed by atoms with Crippen molar-refractivity contribution in [2.75, 3.05) is 45.2 Å². The second-order valence-electron chi connectivity index (χ2n) is 4.22. The number of hydrogen-bond donors (Lipinski definition) is 1. The summed E-state index contributed by atoms with van der Waals surface area (Å²) in [5.74, 6) is -0.432. The molecule has 1 aliphatic rings. The van der Waals surface area contributed by atoms with Crippen LogP contribution in [-0.4, -0.2) is 66.5 Å². The van der Waals surface area contributed by atoms with Crippen molar-refractivity contribution in [3.63, 3.8) is 0 Å². The van der Waals surface area contributed by atoms with E-state index in [1.807, 2.05) is 4.90 Å². The first-order valence-electron chi connectivity index (χ1n) is 5.70. The zero-order valence-corrected chi connectivity index (χ0v) is 10.5. The first-order valence-corrected chi connectivity index (χ1v) is 5.70. The molecule has 98 valence electrons. The Hall–Kier alpha value is -1.89. The van der Waals surface area contributed by atoms with E-state index in [0.29, 0.717) is 5.82 Å². The van der Waals surface area contributed by atoms with Gasteiger partial charge < -0.3 is 19.6 Å². The molecule has 0 aromatic carbocycles. The van der Waals surface area contributed by atoms with Crippen LogP contribution in [-0.2, 0) is 0 Å². The number of ether oxygens (including phenoxy) is 1. The first kappa shape index (κ1) is 12.6. The quantitative estimate of drug-likeness (QED) is 0.807. The van der Waals surface area contributed by atoms with Gasteiger partial charge in [0.1, 0.15) is 5.56 Å². The van der Waals surface area contributed by atoms with Crippen molar-refractivity contribution in [2.24, 2.45) is 0 Å². The molecule has 0 radical (unpaired) electrons. The van der Waals surface area contributed by atoms with E-state index in [9.17, 15) is 4.79 Å². The molecular formula is C11H16N4O3. The molecule has 1 aromatic rings. The minimum atomic E-state index is -1.06. The molecule has 0 bridgehead atoms. The number of aromatic carboxylic acids is 1. The Labute approximate surface area is 105 Å². The number of piperazine rings is 1. The Bertz CT molecular complexity index is 444. The van der Waals surface area contributed by atoms with Crippen LogP contribution in [0.3, 0.4) is 0 Å². The number of nitrogens with zero attached hydrogens (tertiary/aromatic N) is 4. The van der Waals surface area contributed by atoms with Gasteiger partial charge in [-0.2, -0.15) is 0 Å². The van der Waals surface area contributed by atoms with Crippen molar-refractivity contribution in [1.29, 1.82) is 0 Å². The zero-order valence-electron chi connectivity index (χ0n) is 10.5. The topological polar surface area (TPSA) is 78.8 Å². The van der Waals surface area contributed by atoms with E-state index in [1.165, 1.54) is 13.2 Å². The normalized spacial score (nSPS) is 16.7. The van der Waals surface area contributed by atoms with Gasteiger partial charge >= 0.3 is 5.97 Å². The molecule has 0 atom stereocenters. The lowest BCUT2D eigenvalue weighted by Crippen LogP contribution is -2.45. The molecule has 1 N–H and O–H groups in total. The van der Waals surface area contributed by atoms with E-state index in [1.54, 1.807) is 0 Å². The Morgan fingerprint density at radius 2 is 2.00 bits per heavy atom. The Morgan fingerprint density at radius 1 is 1.33 bits per heavy atom. The number of carboxylic acid groups (broad SMARTS) is 1. The lowest BCUT2D eigenvalue weighted by atomic mass is 10.2. The van der Waals surface area contributed by atoms with Gasteiger partial charge in [0.25, 0.3) is 0 Å². The van der Waals surface area contributed by atoms with Crippen molar-refractivity contribution in [2.45, 2.75) is 0 Å². The van der Waals surface area contributed by atoms with Crippen LogP contribution < -0.4 is 9.64 Å². The fourth-order valence-corrected chi connectivity index (χ4v) is 1.86. The number of hydrogen-bond acceptors (Lipinski definition) is 6. The second kappa shape index (κ2) is 5.18. The average molecular weight is 252 g/mol. The summed E-state index contributed by atoms with van der Waals surface area (Å²) in [6.07, 6.45) is 0. The largest absolute Gasteiger partial charge is 0.479 e. The molecule has 7 heteroatoms. The monoisotopic (exact) mass is 252 g/mol. The predicted octanol–water partition coefficient (Wildman–Crippen LogP) is -0.0648. The van der Waals surface area contributed by atoms with Crippen molar-refractivity contribution in [3.05, 3.63) is 11.6 Å². The van der Waals surface area contributed by atoms with E-state index in [-0.39, 0.29) is 11.4 Å². The number of rotatable bonds is 3. The van der Waals surface area contributed by atoms with Gasteiger partial charge in [0.15, 0.2) is 5.82 Å². The summed E-state index contributed by atoms with van der Waals surface area (Å²) >= 11 is 0. The van der Waals surface area contributed by atoms with Crippen molar-refractivity contribution in [1.82, 2.24) is 15.1 Å². The fourth-order valence-electron chi connectivity index (χ4n) is 1.86. The number of carbonyl (C=O) groups is 1. The predicted molar refractivity (Wildman–Crippen MR) is 65.3 cm³/mol. The van der Waals surface area contributed by atoms with E-state index in [0.717, 1.165) is 26.2 Å². The summed E-state index contributed by atoms with van der Waals surface area (Å²) in [5.41, 5.74) is 0.0430. The molecule has 2 rings (SSSR count). The van der Waals surface area contributed by atoms with Crippen LogP contribution in [0.25, 0.3) is 0 Å². The minimum absolute atomic E-state index is 0.0420. The molecule has 0 saturated carbocycles. The standard InChI is InChI=1S/C11H16N4O3/c1-14-3-5-15(6-4-14)9-7-8(11(16)17)10(18-2)13-12-9/h7H,3-6H2,1-2H3,(H,16,17). The highest BCUT2D eigenvalue weighted by Gasteiger charge is 2.20. The Morgan fingerprint density at radius 3 is 2.56 bits per heavy atom. The molecule has 1 saturated heterocycles. The molecule has 0 spiro atoms. The lowest BCUT2D eigenvalue weighted by Gasteiger charge is -2.32. The van der Waals surface area contributed by atoms with Crippen LogP contribution in [0, 0.1) is 0 Å². The Balaban J connectivity index is 2.24. The molecule has 1 fully saturated rings. The lowest BCUT2D eigenvalue weighted by molar-refractivity contribution is 0.0692. The molecule has 0 unspecified atom stereocenters. The number of aromatic nitrogens is 2. The molecule has 18 heavy (non-hydrogen) atoms. The van der Waals surface area contributed by atoms with Gasteiger partial charge in [-0.3, -0.25) is 0 Å². The molecular weight excluding hydrogens is 236 g/mol. The van der Waals surface area contributed by atoms with Gasteiger partial charge in [-0.25, -0.2) is 4.79 Å². The SMILES string of the molecule is COc1nnc(N2CCN(C)CC2)cc1C(=O)O. The number of methoxy groups -OCH3 is 1. The van der Waals surface area contributed by atoms with E-state index in [4.69, 9.17) is 9.84 Å². The third-order valence-electron chi connectivity index (χ3n) is 3.00. The van der Waals surface area contributed by atoms with Gasteiger partial charge in [-0.15, -0.1) is 10.2 Å². The average Bonchev–Trinajstić information content (AvgIpc) is 2.39. The highest BCUT2D eigenvalue weighted by atomic mass is 16.5. The summed E-state index contributed by atoms with van der Waals surface area (Å²) in [5, 5.41) is 16.9. The van der Waals surface area contributed by atoms with Gasteiger partial charge in [-0.1, -0.05) is 0 Å². The molecule has 0 aliphatic carbocycles. The zero-order chi connectivity index (χ0) is 13.1. The second-order valence-corrected chi connectivity index (χ2v) is 4.22. The maximum absolute atomic E-state index is 11.1. The van der Waals surface area contributed by atoms with Crippen molar-refractivity contribution >= 4 is 11.8 Å². The summed E-state index contributed by atoms with van der Waals surface area (Å²) in [4.78, 5) is 15.3. The van der Waals surface area contributed by atoms with Crippen LogP contribution in [0.1, 0.15) is 10.4 Å². The third-order valence-corrected chi connectivity index (χ3v) is 3.00. The van der Waals surface area contributed by atoms with Crippen LogP contribution in [0.4, 0.5) is 5.82 Å². The summed E-state index contributed by atoms with van der Waals surface area (Å²) < 4.78 is 4.88. The van der Waals surface area contributed by atoms with Crippen molar-refractivity contribution < 1.29 is 14.6 Å². The van der Waals surface area contributed by atoms with Crippen LogP contribution in [0.15, 0.2) is 6.07 Å². The number of anilines is 1. The van der Waals surface area contributed by atoms with Gasteiger partial charge in [0.05, 0.1) is 7.11 Å². The summed E-state index contributed by atoms with van der Waals surface area (Å²) in [6, 6.07) is 1.51.